The van der Waals surface area contributed by atoms with E-state index in [9.17, 15) is 19.2 Å². The van der Waals surface area contributed by atoms with E-state index in [4.69, 9.17) is 15.1 Å². The zero-order chi connectivity index (χ0) is 15.7. The second-order valence-electron chi connectivity index (χ2n) is 4.80. The van der Waals surface area contributed by atoms with Crippen LogP contribution in [0.2, 0.25) is 0 Å². The van der Waals surface area contributed by atoms with Crippen molar-refractivity contribution in [1.29, 1.82) is 5.26 Å². The molecule has 112 valence electrons. The lowest BCUT2D eigenvalue weighted by Gasteiger charge is -2.53. The van der Waals surface area contributed by atoms with Crippen LogP contribution in [0.5, 0.6) is 0 Å². The molecule has 4 atom stereocenters. The van der Waals surface area contributed by atoms with Crippen molar-refractivity contribution < 1.29 is 29.0 Å². The zero-order valence-electron chi connectivity index (χ0n) is 11.1. The molecule has 0 aliphatic carbocycles. The first-order valence-corrected chi connectivity index (χ1v) is 6.20. The summed E-state index contributed by atoms with van der Waals surface area (Å²) in [6.07, 6.45) is -1.22. The molecule has 2 heterocycles. The Hall–Kier alpha value is -2.47. The van der Waals surface area contributed by atoms with E-state index in [1.54, 1.807) is 6.07 Å². The number of nitriles is 1. The number of aliphatic carboxylic acids is 1. The fraction of sp³-hybridized carbons (Fsp3) is 0.583. The lowest BCUT2D eigenvalue weighted by Crippen LogP contribution is -2.78. The second kappa shape index (κ2) is 5.49. The van der Waals surface area contributed by atoms with E-state index >= 15 is 0 Å². The number of hydrogen-bond donors (Lipinski definition) is 2. The second-order valence-corrected chi connectivity index (χ2v) is 4.80. The minimum absolute atomic E-state index is 0.113. The van der Waals surface area contributed by atoms with Gasteiger partial charge in [0.2, 0.25) is 11.8 Å². The SMILES string of the molecule is CO[C@@H]1C[C@H]2[C@H](NC(=O)CC#N)C(=O)N2[C@@H](C(=O)O)C1=O. The predicted octanol–water partition coefficient (Wildman–Crippen LogP) is -1.96. The molecule has 21 heavy (non-hydrogen) atoms. The molecule has 9 nitrogen and oxygen atoms in total. The van der Waals surface area contributed by atoms with Gasteiger partial charge in [0, 0.05) is 13.5 Å². The molecule has 2 amide bonds. The van der Waals surface area contributed by atoms with Gasteiger partial charge in [-0.2, -0.15) is 5.26 Å². The standard InChI is InChI=1S/C12H13N3O6/c1-21-6-4-5-8(14-7(16)2-3-13)11(18)15(5)9(10(6)17)12(19)20/h5-6,8-9H,2,4H2,1H3,(H,14,16)(H,19,20)/t5-,6+,8-,9+/m0/s1. The highest BCUT2D eigenvalue weighted by Gasteiger charge is 2.59. The summed E-state index contributed by atoms with van der Waals surface area (Å²) in [6, 6.07) is -1.48. The molecule has 0 aromatic carbocycles. The molecule has 0 saturated carbocycles. The number of ketones is 1. The van der Waals surface area contributed by atoms with Gasteiger partial charge in [0.1, 0.15) is 18.6 Å². The number of methoxy groups -OCH3 is 1. The van der Waals surface area contributed by atoms with E-state index in [0.717, 1.165) is 4.90 Å². The number of carboxylic acids is 1. The summed E-state index contributed by atoms with van der Waals surface area (Å²) in [5.74, 6) is -3.37. The Morgan fingerprint density at radius 3 is 2.71 bits per heavy atom. The number of fused-ring (bicyclic) bond motifs is 1. The molecule has 2 rings (SSSR count). The van der Waals surface area contributed by atoms with Crippen LogP contribution in [-0.2, 0) is 23.9 Å². The van der Waals surface area contributed by atoms with Gasteiger partial charge in [-0.05, 0) is 0 Å². The Bertz CT molecular complexity index is 554. The molecule has 0 spiro atoms. The number of β-lactam (4-membered cyclic amide) rings is 1. The minimum atomic E-state index is -1.59. The molecule has 9 heteroatoms. The number of ether oxygens (including phenoxy) is 1. The monoisotopic (exact) mass is 295 g/mol. The lowest BCUT2D eigenvalue weighted by atomic mass is 9.80. The molecule has 2 saturated heterocycles. The number of piperidine rings is 1. The smallest absolute Gasteiger partial charge is 0.334 e. The van der Waals surface area contributed by atoms with Gasteiger partial charge in [0.25, 0.3) is 0 Å². The number of carbonyl (C=O) groups is 4. The van der Waals surface area contributed by atoms with Gasteiger partial charge < -0.3 is 20.1 Å². The van der Waals surface area contributed by atoms with Crippen LogP contribution in [0.25, 0.3) is 0 Å². The van der Waals surface area contributed by atoms with Gasteiger partial charge in [-0.1, -0.05) is 0 Å². The highest BCUT2D eigenvalue weighted by Crippen LogP contribution is 2.33. The van der Waals surface area contributed by atoms with Crippen molar-refractivity contribution in [2.75, 3.05) is 7.11 Å². The van der Waals surface area contributed by atoms with Gasteiger partial charge in [0.05, 0.1) is 12.1 Å². The largest absolute Gasteiger partial charge is 0.479 e. The van der Waals surface area contributed by atoms with E-state index in [0.29, 0.717) is 0 Å². The quantitative estimate of drug-likeness (QED) is 0.453. The number of rotatable bonds is 4. The van der Waals surface area contributed by atoms with Crippen LogP contribution in [0.1, 0.15) is 12.8 Å². The Morgan fingerprint density at radius 1 is 1.52 bits per heavy atom. The third kappa shape index (κ3) is 2.34. The van der Waals surface area contributed by atoms with E-state index in [1.807, 2.05) is 0 Å². The summed E-state index contributed by atoms with van der Waals surface area (Å²) in [5, 5.41) is 19.9. The van der Waals surface area contributed by atoms with E-state index in [1.165, 1.54) is 7.11 Å². The van der Waals surface area contributed by atoms with Gasteiger partial charge >= 0.3 is 5.97 Å². The molecule has 0 bridgehead atoms. The number of amides is 2. The van der Waals surface area contributed by atoms with Gasteiger partial charge in [0.15, 0.2) is 11.8 Å². The topological polar surface area (TPSA) is 137 Å². The number of hydrogen-bond acceptors (Lipinski definition) is 6. The molecule has 0 aromatic heterocycles. The zero-order valence-corrected chi connectivity index (χ0v) is 11.1. The Labute approximate surface area is 119 Å². The van der Waals surface area contributed by atoms with E-state index in [-0.39, 0.29) is 6.42 Å². The number of Topliss-reactive ketones (excluding diaryl/α,β-unsaturated/α-hetero) is 1. The Balaban J connectivity index is 2.18. The number of nitrogens with zero attached hydrogens (tertiary/aromatic N) is 2. The summed E-state index contributed by atoms with van der Waals surface area (Å²) in [4.78, 5) is 47.4. The molecular weight excluding hydrogens is 282 g/mol. The van der Waals surface area contributed by atoms with Crippen LogP contribution in [0.4, 0.5) is 0 Å². The van der Waals surface area contributed by atoms with Crippen molar-refractivity contribution in [3.05, 3.63) is 0 Å². The van der Waals surface area contributed by atoms with Crippen molar-refractivity contribution >= 4 is 23.6 Å². The van der Waals surface area contributed by atoms with Crippen molar-refractivity contribution in [2.45, 2.75) is 37.1 Å². The van der Waals surface area contributed by atoms with Gasteiger partial charge in [-0.3, -0.25) is 14.4 Å². The lowest BCUT2D eigenvalue weighted by molar-refractivity contribution is -0.180. The predicted molar refractivity (Wildman–Crippen MR) is 64.6 cm³/mol. The summed E-state index contributed by atoms with van der Waals surface area (Å²) in [7, 11) is 1.28. The van der Waals surface area contributed by atoms with Crippen molar-refractivity contribution in [3.63, 3.8) is 0 Å². The van der Waals surface area contributed by atoms with Gasteiger partial charge in [-0.25, -0.2) is 4.79 Å². The average molecular weight is 295 g/mol. The van der Waals surface area contributed by atoms with Crippen LogP contribution in [0.3, 0.4) is 0 Å². The maximum absolute atomic E-state index is 12.0. The molecule has 2 aliphatic heterocycles. The molecule has 2 N–H and O–H groups in total. The third-order valence-corrected chi connectivity index (χ3v) is 3.66. The summed E-state index contributed by atoms with van der Waals surface area (Å²) in [5.41, 5.74) is 0. The van der Waals surface area contributed by atoms with E-state index < -0.39 is 54.2 Å². The summed E-state index contributed by atoms with van der Waals surface area (Å²) in [6.45, 7) is 0. The Morgan fingerprint density at radius 2 is 2.19 bits per heavy atom. The number of nitrogens with one attached hydrogen (secondary N) is 1. The maximum Gasteiger partial charge on any atom is 0.334 e. The third-order valence-electron chi connectivity index (χ3n) is 3.66. The fourth-order valence-corrected chi connectivity index (χ4v) is 2.69. The summed E-state index contributed by atoms with van der Waals surface area (Å²) >= 11 is 0. The van der Waals surface area contributed by atoms with Crippen LogP contribution in [0.15, 0.2) is 0 Å². The molecular formula is C12H13N3O6. The molecule has 0 aromatic rings. The molecule has 0 unspecified atom stereocenters. The fourth-order valence-electron chi connectivity index (χ4n) is 2.69. The summed E-state index contributed by atoms with van der Waals surface area (Å²) < 4.78 is 4.96. The van der Waals surface area contributed by atoms with Gasteiger partial charge in [-0.15, -0.1) is 0 Å². The maximum atomic E-state index is 12.0. The highest BCUT2D eigenvalue weighted by molar-refractivity contribution is 6.11. The van der Waals surface area contributed by atoms with Crippen molar-refractivity contribution in [2.24, 2.45) is 0 Å². The van der Waals surface area contributed by atoms with Crippen LogP contribution in [0, 0.1) is 11.3 Å². The van der Waals surface area contributed by atoms with Crippen molar-refractivity contribution in [3.8, 4) is 6.07 Å². The number of carboxylic acid groups (broad SMARTS) is 1. The first-order valence-electron chi connectivity index (χ1n) is 6.20. The number of carbonyl (C=O) groups excluding carboxylic acids is 3. The average Bonchev–Trinajstić information content (AvgIpc) is 2.44. The van der Waals surface area contributed by atoms with Crippen LogP contribution >= 0.6 is 0 Å². The van der Waals surface area contributed by atoms with E-state index in [2.05, 4.69) is 5.32 Å². The normalized spacial score (nSPS) is 31.0. The molecule has 0 radical (unpaired) electrons. The first kappa shape index (κ1) is 14.9. The highest BCUT2D eigenvalue weighted by atomic mass is 16.5. The van der Waals surface area contributed by atoms with Crippen molar-refractivity contribution in [1.82, 2.24) is 10.2 Å². The minimum Gasteiger partial charge on any atom is -0.479 e. The van der Waals surface area contributed by atoms with Crippen LogP contribution < -0.4 is 5.32 Å². The molecule has 2 fully saturated rings. The molecule has 2 aliphatic rings. The Kier molecular flexibility index (Phi) is 3.90. The van der Waals surface area contributed by atoms with Crippen LogP contribution in [-0.4, -0.2) is 64.9 Å². The first-order chi connectivity index (χ1) is 9.92.